The molecule has 2 fully saturated rings. The summed E-state index contributed by atoms with van der Waals surface area (Å²) in [5.74, 6) is 0.489. The van der Waals surface area contributed by atoms with E-state index in [0.29, 0.717) is 19.5 Å². The van der Waals surface area contributed by atoms with Gasteiger partial charge in [0.2, 0.25) is 11.8 Å². The van der Waals surface area contributed by atoms with Crippen LogP contribution < -0.4 is 0 Å². The second-order valence-electron chi connectivity index (χ2n) is 7.00. The summed E-state index contributed by atoms with van der Waals surface area (Å²) < 4.78 is 5.03. The van der Waals surface area contributed by atoms with Crippen LogP contribution in [0.3, 0.4) is 0 Å². The highest BCUT2D eigenvalue weighted by atomic mass is 16.5. The molecule has 0 unspecified atom stereocenters. The lowest BCUT2D eigenvalue weighted by molar-refractivity contribution is -0.136. The van der Waals surface area contributed by atoms with E-state index in [2.05, 4.69) is 4.90 Å². The summed E-state index contributed by atoms with van der Waals surface area (Å²) in [5.41, 5.74) is 0. The summed E-state index contributed by atoms with van der Waals surface area (Å²) in [6, 6.07) is 0.0491. The van der Waals surface area contributed by atoms with Crippen molar-refractivity contribution in [3.8, 4) is 0 Å². The standard InChI is InChI=1S/C18H33N3O3/c1-19-10-6-8-16(19)18(23)21-12-7-11-20(13-14-21)17(22)9-4-3-5-15-24-2/h16H,3-15H2,1-2H3/t16-/m1/s1. The highest BCUT2D eigenvalue weighted by molar-refractivity contribution is 5.82. The number of amides is 2. The topological polar surface area (TPSA) is 53.1 Å². The molecule has 0 aromatic heterocycles. The largest absolute Gasteiger partial charge is 0.385 e. The fraction of sp³-hybridized carbons (Fsp3) is 0.889. The predicted octanol–water partition coefficient (Wildman–Crippen LogP) is 1.35. The Labute approximate surface area is 146 Å². The zero-order valence-electron chi connectivity index (χ0n) is 15.3. The van der Waals surface area contributed by atoms with Crippen LogP contribution in [0.5, 0.6) is 0 Å². The number of methoxy groups -OCH3 is 1. The smallest absolute Gasteiger partial charge is 0.239 e. The van der Waals surface area contributed by atoms with E-state index in [-0.39, 0.29) is 17.9 Å². The maximum Gasteiger partial charge on any atom is 0.239 e. The quantitative estimate of drug-likeness (QED) is 0.657. The van der Waals surface area contributed by atoms with Crippen molar-refractivity contribution in [3.63, 3.8) is 0 Å². The van der Waals surface area contributed by atoms with Gasteiger partial charge >= 0.3 is 0 Å². The number of rotatable bonds is 7. The Morgan fingerprint density at radius 3 is 2.42 bits per heavy atom. The molecule has 0 aliphatic carbocycles. The van der Waals surface area contributed by atoms with Crippen LogP contribution in [0.1, 0.15) is 44.9 Å². The number of hydrogen-bond acceptors (Lipinski definition) is 4. The van der Waals surface area contributed by atoms with Gasteiger partial charge in [0.15, 0.2) is 0 Å². The van der Waals surface area contributed by atoms with E-state index >= 15 is 0 Å². The summed E-state index contributed by atoms with van der Waals surface area (Å²) in [4.78, 5) is 31.1. The van der Waals surface area contributed by atoms with E-state index in [4.69, 9.17) is 4.74 Å². The molecule has 0 N–H and O–H groups in total. The number of nitrogens with zero attached hydrogens (tertiary/aromatic N) is 3. The zero-order valence-corrected chi connectivity index (χ0v) is 15.3. The van der Waals surface area contributed by atoms with Gasteiger partial charge in [-0.3, -0.25) is 14.5 Å². The van der Waals surface area contributed by atoms with Crippen LogP contribution in [-0.4, -0.2) is 86.0 Å². The normalized spacial score (nSPS) is 22.7. The van der Waals surface area contributed by atoms with Gasteiger partial charge in [0.05, 0.1) is 6.04 Å². The van der Waals surface area contributed by atoms with Crippen LogP contribution in [0.4, 0.5) is 0 Å². The van der Waals surface area contributed by atoms with Gasteiger partial charge in [0.1, 0.15) is 0 Å². The molecule has 2 saturated heterocycles. The van der Waals surface area contributed by atoms with Crippen molar-refractivity contribution >= 4 is 11.8 Å². The molecule has 2 amide bonds. The lowest BCUT2D eigenvalue weighted by atomic mass is 10.2. The van der Waals surface area contributed by atoms with Crippen molar-refractivity contribution < 1.29 is 14.3 Å². The number of carbonyl (C=O) groups excluding carboxylic acids is 2. The second-order valence-corrected chi connectivity index (χ2v) is 7.00. The summed E-state index contributed by atoms with van der Waals surface area (Å²) in [7, 11) is 3.74. The molecule has 24 heavy (non-hydrogen) atoms. The molecule has 0 bridgehead atoms. The number of likely N-dealkylation sites (N-methyl/N-ethyl adjacent to an activating group) is 1. The van der Waals surface area contributed by atoms with Crippen molar-refractivity contribution in [3.05, 3.63) is 0 Å². The van der Waals surface area contributed by atoms with Crippen molar-refractivity contribution in [2.45, 2.75) is 51.0 Å². The van der Waals surface area contributed by atoms with E-state index in [1.807, 2.05) is 16.8 Å². The third-order valence-electron chi connectivity index (χ3n) is 5.20. The molecular formula is C18H33N3O3. The number of ether oxygens (including phenoxy) is 1. The second kappa shape index (κ2) is 9.99. The third kappa shape index (κ3) is 5.45. The lowest BCUT2D eigenvalue weighted by Crippen LogP contribution is -2.45. The van der Waals surface area contributed by atoms with E-state index in [0.717, 1.165) is 64.8 Å². The van der Waals surface area contributed by atoms with Crippen LogP contribution >= 0.6 is 0 Å². The number of hydrogen-bond donors (Lipinski definition) is 0. The molecule has 0 aromatic carbocycles. The van der Waals surface area contributed by atoms with Gasteiger partial charge in [-0.2, -0.15) is 0 Å². The molecule has 1 atom stereocenters. The highest BCUT2D eigenvalue weighted by Crippen LogP contribution is 2.18. The fourth-order valence-electron chi connectivity index (χ4n) is 3.68. The van der Waals surface area contributed by atoms with Gasteiger partial charge < -0.3 is 14.5 Å². The third-order valence-corrected chi connectivity index (χ3v) is 5.20. The zero-order chi connectivity index (χ0) is 17.4. The van der Waals surface area contributed by atoms with Crippen molar-refractivity contribution in [2.75, 3.05) is 53.5 Å². The molecule has 0 aromatic rings. The van der Waals surface area contributed by atoms with Gasteiger partial charge in [0, 0.05) is 46.3 Å². The first kappa shape index (κ1) is 19.2. The van der Waals surface area contributed by atoms with E-state index in [1.165, 1.54) is 0 Å². The molecule has 6 nitrogen and oxygen atoms in total. The van der Waals surface area contributed by atoms with Crippen LogP contribution in [0.2, 0.25) is 0 Å². The van der Waals surface area contributed by atoms with Crippen molar-refractivity contribution in [2.24, 2.45) is 0 Å². The summed E-state index contributed by atoms with van der Waals surface area (Å²) in [6.07, 6.45) is 6.55. The van der Waals surface area contributed by atoms with Crippen molar-refractivity contribution in [1.29, 1.82) is 0 Å². The number of likely N-dealkylation sites (tertiary alicyclic amines) is 1. The molecule has 2 heterocycles. The summed E-state index contributed by atoms with van der Waals surface area (Å²) in [6.45, 7) is 4.70. The predicted molar refractivity (Wildman–Crippen MR) is 93.8 cm³/mol. The Morgan fingerprint density at radius 1 is 0.958 bits per heavy atom. The minimum Gasteiger partial charge on any atom is -0.385 e. The van der Waals surface area contributed by atoms with Gasteiger partial charge in [0.25, 0.3) is 0 Å². The Bertz CT molecular complexity index is 416. The first-order chi connectivity index (χ1) is 11.6. The van der Waals surface area contributed by atoms with Gasteiger partial charge in [-0.15, -0.1) is 0 Å². The molecule has 138 valence electrons. The van der Waals surface area contributed by atoms with Crippen LogP contribution in [-0.2, 0) is 14.3 Å². The first-order valence-corrected chi connectivity index (χ1v) is 9.39. The van der Waals surface area contributed by atoms with Crippen molar-refractivity contribution in [1.82, 2.24) is 14.7 Å². The molecule has 0 spiro atoms. The van der Waals surface area contributed by atoms with Crippen LogP contribution in [0, 0.1) is 0 Å². The highest BCUT2D eigenvalue weighted by Gasteiger charge is 2.32. The summed E-state index contributed by atoms with van der Waals surface area (Å²) >= 11 is 0. The Kier molecular flexibility index (Phi) is 7.99. The van der Waals surface area contributed by atoms with Gasteiger partial charge in [-0.1, -0.05) is 6.42 Å². The van der Waals surface area contributed by atoms with Crippen LogP contribution in [0.25, 0.3) is 0 Å². The molecule has 6 heteroatoms. The minimum absolute atomic E-state index is 0.0491. The average Bonchev–Trinajstić information content (AvgIpc) is 2.85. The average molecular weight is 339 g/mol. The Balaban J connectivity index is 1.73. The Hall–Kier alpha value is -1.14. The maximum atomic E-state index is 12.7. The molecular weight excluding hydrogens is 306 g/mol. The molecule has 2 aliphatic heterocycles. The number of unbranched alkanes of at least 4 members (excludes halogenated alkanes) is 2. The minimum atomic E-state index is 0.0491. The SMILES string of the molecule is COCCCCCC(=O)N1CCCN(C(=O)[C@H]2CCCN2C)CC1. The molecule has 2 aliphatic rings. The number of carbonyl (C=O) groups is 2. The van der Waals surface area contributed by atoms with Crippen LogP contribution in [0.15, 0.2) is 0 Å². The molecule has 2 rings (SSSR count). The van der Waals surface area contributed by atoms with Gasteiger partial charge in [-0.25, -0.2) is 0 Å². The maximum absolute atomic E-state index is 12.7. The monoisotopic (exact) mass is 339 g/mol. The molecule has 0 radical (unpaired) electrons. The fourth-order valence-corrected chi connectivity index (χ4v) is 3.68. The molecule has 0 saturated carbocycles. The summed E-state index contributed by atoms with van der Waals surface area (Å²) in [5, 5.41) is 0. The lowest BCUT2D eigenvalue weighted by Gasteiger charge is -2.27. The Morgan fingerprint density at radius 2 is 1.71 bits per heavy atom. The first-order valence-electron chi connectivity index (χ1n) is 9.39. The van der Waals surface area contributed by atoms with E-state index in [9.17, 15) is 9.59 Å². The van der Waals surface area contributed by atoms with E-state index < -0.39 is 0 Å². The van der Waals surface area contributed by atoms with Gasteiger partial charge in [-0.05, 0) is 45.7 Å². The van der Waals surface area contributed by atoms with E-state index in [1.54, 1.807) is 7.11 Å².